The van der Waals surface area contributed by atoms with Crippen LogP contribution in [-0.4, -0.2) is 28.1 Å². The van der Waals surface area contributed by atoms with Gasteiger partial charge in [-0.15, -0.1) is 0 Å². The van der Waals surface area contributed by atoms with Gasteiger partial charge in [0.05, 0.1) is 0 Å². The highest BCUT2D eigenvalue weighted by Gasteiger charge is 1.34. The van der Waals surface area contributed by atoms with Gasteiger partial charge < -0.3 is 21.5 Å². The van der Waals surface area contributed by atoms with E-state index in [4.69, 9.17) is 5.11 Å². The Balaban J connectivity index is -0.00000000667. The first-order chi connectivity index (χ1) is 1.41. The van der Waals surface area contributed by atoms with Crippen LogP contribution in [0.15, 0.2) is 0 Å². The van der Waals surface area contributed by atoms with Crippen LogP contribution < -0.4 is 0 Å². The second-order valence-electron chi connectivity index (χ2n) is 0.316. The molecule has 6 heavy (non-hydrogen) atoms. The van der Waals surface area contributed by atoms with Gasteiger partial charge in [0.2, 0.25) is 0 Å². The quantitative estimate of drug-likeness (QED) is 0.357. The Hall–Kier alpha value is -0.160. The van der Waals surface area contributed by atoms with Crippen molar-refractivity contribution in [2.75, 3.05) is 6.61 Å². The van der Waals surface area contributed by atoms with Gasteiger partial charge in [-0.3, -0.25) is 0 Å². The normalized spacial score (nSPS) is 3.00. The van der Waals surface area contributed by atoms with Gasteiger partial charge in [-0.2, -0.15) is 0 Å². The van der Waals surface area contributed by atoms with Crippen molar-refractivity contribution >= 4 is 0 Å². The third-order valence-corrected chi connectivity index (χ3v) is 0. The highest BCUT2D eigenvalue weighted by Crippen LogP contribution is 1.30. The Kier molecular flexibility index (Phi) is 681. The molecule has 0 amide bonds. The zero-order chi connectivity index (χ0) is 2.71. The first-order valence-electron chi connectivity index (χ1n) is 1.02. The summed E-state index contributed by atoms with van der Waals surface area (Å²) in [6.45, 7) is 1.93. The van der Waals surface area contributed by atoms with Crippen molar-refractivity contribution in [2.45, 2.75) is 6.92 Å². The van der Waals surface area contributed by atoms with E-state index >= 15 is 0 Å². The highest BCUT2D eigenvalue weighted by atomic mass is 16.2. The lowest BCUT2D eigenvalue weighted by atomic mass is 10.9. The van der Waals surface area contributed by atoms with Gasteiger partial charge in [-0.25, -0.2) is 0 Å². The Morgan fingerprint density at radius 1 is 1.17 bits per heavy atom. The summed E-state index contributed by atoms with van der Waals surface area (Å²) in [5.41, 5.74) is 0. The molecular weight excluding hydrogens is 88.0 g/mol. The third-order valence-electron chi connectivity index (χ3n) is 0. The molecule has 0 saturated carbocycles. The van der Waals surface area contributed by atoms with Crippen molar-refractivity contribution in [1.29, 1.82) is 0 Å². The molecule has 0 rings (SSSR count). The van der Waals surface area contributed by atoms with Gasteiger partial charge in [-0.05, 0) is 6.92 Å². The molecule has 0 spiro atoms. The molecule has 0 heterocycles. The van der Waals surface area contributed by atoms with Crippen LogP contribution in [0.1, 0.15) is 6.92 Å². The molecule has 0 radical (unpaired) electrons. The zero-order valence-corrected chi connectivity index (χ0v) is 3.65. The molecule has 44 valence electrons. The van der Waals surface area contributed by atoms with Gasteiger partial charge in [0.25, 0.3) is 0 Å². The molecule has 0 aliphatic carbocycles. The average Bonchev–Trinajstić information content (AvgIpc) is 0.918. The summed E-state index contributed by atoms with van der Waals surface area (Å²) >= 11 is 0. The molecular formula is C2H12O4. The predicted octanol–water partition coefficient (Wildman–Crippen LogP) is -2.48. The minimum Gasteiger partial charge on any atom is -0.412 e. The summed E-state index contributed by atoms with van der Waals surface area (Å²) in [6.07, 6.45) is 0. The first-order valence-corrected chi connectivity index (χ1v) is 1.02. The predicted molar refractivity (Wildman–Crippen MR) is 23.6 cm³/mol. The molecule has 0 aromatic carbocycles. The van der Waals surface area contributed by atoms with E-state index in [1.807, 2.05) is 0 Å². The smallest absolute Gasteiger partial charge is 0.0402 e. The molecule has 0 fully saturated rings. The Morgan fingerprint density at radius 3 is 1.17 bits per heavy atom. The van der Waals surface area contributed by atoms with Gasteiger partial charge in [-0.1, -0.05) is 0 Å². The van der Waals surface area contributed by atoms with E-state index in [1.54, 1.807) is 6.92 Å². The maximum absolute atomic E-state index is 7.57. The maximum atomic E-state index is 7.57. The van der Waals surface area contributed by atoms with Crippen molar-refractivity contribution < 1.29 is 21.5 Å². The highest BCUT2D eigenvalue weighted by molar-refractivity contribution is 3.84. The monoisotopic (exact) mass is 100 g/mol. The van der Waals surface area contributed by atoms with Crippen molar-refractivity contribution in [3.8, 4) is 0 Å². The fourth-order valence-corrected chi connectivity index (χ4v) is 0. The van der Waals surface area contributed by atoms with Crippen LogP contribution in [0.3, 0.4) is 0 Å². The Labute approximate surface area is 36.3 Å². The van der Waals surface area contributed by atoms with Crippen LogP contribution in [0.25, 0.3) is 0 Å². The summed E-state index contributed by atoms with van der Waals surface area (Å²) in [4.78, 5) is 0. The van der Waals surface area contributed by atoms with E-state index in [2.05, 4.69) is 0 Å². The summed E-state index contributed by atoms with van der Waals surface area (Å²) in [5, 5.41) is 7.57. The summed E-state index contributed by atoms with van der Waals surface area (Å²) in [6, 6.07) is 0. The van der Waals surface area contributed by atoms with E-state index in [1.165, 1.54) is 0 Å². The molecule has 0 aliphatic rings. The molecule has 0 unspecified atom stereocenters. The van der Waals surface area contributed by atoms with E-state index < -0.39 is 0 Å². The second kappa shape index (κ2) is 101. The fourth-order valence-electron chi connectivity index (χ4n) is 0. The summed E-state index contributed by atoms with van der Waals surface area (Å²) in [5.74, 6) is 0. The molecule has 0 aromatic heterocycles. The molecule has 4 nitrogen and oxygen atoms in total. The van der Waals surface area contributed by atoms with Crippen LogP contribution in [0, 0.1) is 0 Å². The lowest BCUT2D eigenvalue weighted by Gasteiger charge is -1.52. The fraction of sp³-hybridized carbons (Fsp3) is 1.00. The van der Waals surface area contributed by atoms with Crippen molar-refractivity contribution in [3.63, 3.8) is 0 Å². The van der Waals surface area contributed by atoms with Crippen LogP contribution in [0.4, 0.5) is 0 Å². The lowest BCUT2D eigenvalue weighted by Crippen LogP contribution is -1.57. The largest absolute Gasteiger partial charge is 0.412 e. The standard InChI is InChI=1S/C2H6O.3H2O/c1-2-3;;;/h3H,2H2,1H3;3*1H2. The van der Waals surface area contributed by atoms with Crippen LogP contribution in [-0.2, 0) is 0 Å². The number of rotatable bonds is 0. The summed E-state index contributed by atoms with van der Waals surface area (Å²) in [7, 11) is 0. The average molecular weight is 100 g/mol. The van der Waals surface area contributed by atoms with Crippen molar-refractivity contribution in [3.05, 3.63) is 0 Å². The van der Waals surface area contributed by atoms with E-state index in [0.717, 1.165) is 0 Å². The van der Waals surface area contributed by atoms with Crippen LogP contribution in [0.5, 0.6) is 0 Å². The Morgan fingerprint density at radius 2 is 1.17 bits per heavy atom. The van der Waals surface area contributed by atoms with E-state index in [-0.39, 0.29) is 23.0 Å². The van der Waals surface area contributed by atoms with E-state index in [9.17, 15) is 0 Å². The van der Waals surface area contributed by atoms with Crippen molar-refractivity contribution in [2.24, 2.45) is 0 Å². The molecule has 0 saturated heterocycles. The number of hydrogen-bond donors (Lipinski definition) is 1. The molecule has 7 N–H and O–H groups in total. The van der Waals surface area contributed by atoms with Gasteiger partial charge in [0.1, 0.15) is 0 Å². The van der Waals surface area contributed by atoms with Crippen LogP contribution >= 0.6 is 0 Å². The van der Waals surface area contributed by atoms with Crippen molar-refractivity contribution in [1.82, 2.24) is 0 Å². The topological polar surface area (TPSA) is 115 Å². The van der Waals surface area contributed by atoms with Gasteiger partial charge >= 0.3 is 0 Å². The molecule has 0 aromatic rings. The van der Waals surface area contributed by atoms with Gasteiger partial charge in [0, 0.05) is 6.61 Å². The van der Waals surface area contributed by atoms with E-state index in [0.29, 0.717) is 0 Å². The SMILES string of the molecule is CCO.O.O.O. The van der Waals surface area contributed by atoms with Gasteiger partial charge in [0.15, 0.2) is 0 Å². The molecule has 0 atom stereocenters. The summed E-state index contributed by atoms with van der Waals surface area (Å²) < 4.78 is 0. The second-order valence-corrected chi connectivity index (χ2v) is 0.316. The lowest BCUT2D eigenvalue weighted by molar-refractivity contribution is 0.318. The first kappa shape index (κ1) is 40.4. The van der Waals surface area contributed by atoms with Crippen LogP contribution in [0.2, 0.25) is 0 Å². The molecule has 0 bridgehead atoms. The minimum absolute atomic E-state index is 0. The maximum Gasteiger partial charge on any atom is 0.0402 e. The Bertz CT molecular complexity index is 5.51. The zero-order valence-electron chi connectivity index (χ0n) is 3.65. The number of hydrogen-bond acceptors (Lipinski definition) is 1. The molecule has 4 heteroatoms. The minimum atomic E-state index is 0. The third kappa shape index (κ3) is 1210. The number of aliphatic hydroxyl groups is 1. The number of aliphatic hydroxyl groups excluding tert-OH is 1. The molecule has 0 aliphatic heterocycles.